The molecule has 3 rings (SSSR count). The normalized spacial score (nSPS) is 14.5. The van der Waals surface area contributed by atoms with Crippen molar-refractivity contribution >= 4 is 17.2 Å². The number of carbonyl (C=O) groups excluding carboxylic acids is 1. The fraction of sp³-hybridized carbons (Fsp3) is 0.389. The second kappa shape index (κ2) is 6.63. The summed E-state index contributed by atoms with van der Waals surface area (Å²) in [5, 5.41) is 3.16. The molecular weight excluding hydrogens is 292 g/mol. The largest absolute Gasteiger partial charge is 0.338 e. The van der Waals surface area contributed by atoms with E-state index < -0.39 is 0 Å². The molecule has 0 aliphatic carbocycles. The molecule has 1 fully saturated rings. The van der Waals surface area contributed by atoms with Crippen LogP contribution in [0, 0.1) is 6.92 Å². The maximum absolute atomic E-state index is 12.6. The van der Waals surface area contributed by atoms with Gasteiger partial charge in [-0.25, -0.2) is 0 Å². The third-order valence-corrected chi connectivity index (χ3v) is 5.40. The highest BCUT2D eigenvalue weighted by atomic mass is 32.1. The van der Waals surface area contributed by atoms with Crippen LogP contribution in [0.25, 0.3) is 10.4 Å². The minimum absolute atomic E-state index is 0.207. The summed E-state index contributed by atoms with van der Waals surface area (Å²) in [7, 11) is 1.95. The predicted molar refractivity (Wildman–Crippen MR) is 92.4 cm³/mol. The first-order valence-electron chi connectivity index (χ1n) is 7.82. The van der Waals surface area contributed by atoms with E-state index >= 15 is 0 Å². The first kappa shape index (κ1) is 15.3. The molecule has 0 bridgehead atoms. The highest BCUT2D eigenvalue weighted by Gasteiger charge is 2.23. The molecule has 3 nitrogen and oxygen atoms in total. The van der Waals surface area contributed by atoms with Crippen LogP contribution in [0.4, 0.5) is 0 Å². The molecule has 0 saturated carbocycles. The number of nitrogens with one attached hydrogen (secondary N) is 1. The van der Waals surface area contributed by atoms with Gasteiger partial charge in [0, 0.05) is 24.5 Å². The van der Waals surface area contributed by atoms with Gasteiger partial charge in [0.2, 0.25) is 0 Å². The molecule has 0 spiro atoms. The number of thiophene rings is 1. The molecule has 1 aromatic heterocycles. The molecule has 22 heavy (non-hydrogen) atoms. The van der Waals surface area contributed by atoms with Gasteiger partial charge in [-0.1, -0.05) is 24.3 Å². The maximum Gasteiger partial charge on any atom is 0.264 e. The van der Waals surface area contributed by atoms with Crippen LogP contribution in [0.3, 0.4) is 0 Å². The van der Waals surface area contributed by atoms with Crippen LogP contribution >= 0.6 is 11.3 Å². The number of nitrogens with zero attached hydrogens (tertiary/aromatic N) is 1. The van der Waals surface area contributed by atoms with Crippen molar-refractivity contribution in [2.75, 3.05) is 20.1 Å². The Morgan fingerprint density at radius 3 is 2.55 bits per heavy atom. The lowest BCUT2D eigenvalue weighted by molar-refractivity contribution is 0.0797. The van der Waals surface area contributed by atoms with Gasteiger partial charge in [-0.3, -0.25) is 4.79 Å². The molecule has 0 atom stereocenters. The van der Waals surface area contributed by atoms with Gasteiger partial charge < -0.3 is 10.2 Å². The van der Waals surface area contributed by atoms with Crippen molar-refractivity contribution in [3.8, 4) is 10.4 Å². The average Bonchev–Trinajstić information content (AvgIpc) is 3.17. The van der Waals surface area contributed by atoms with Gasteiger partial charge in [-0.15, -0.1) is 11.3 Å². The Morgan fingerprint density at radius 2 is 1.91 bits per heavy atom. The summed E-state index contributed by atoms with van der Waals surface area (Å²) in [4.78, 5) is 16.6. The molecule has 116 valence electrons. The van der Waals surface area contributed by atoms with Gasteiger partial charge in [0.25, 0.3) is 5.91 Å². The fourth-order valence-corrected chi connectivity index (χ4v) is 4.04. The van der Waals surface area contributed by atoms with E-state index in [0.29, 0.717) is 0 Å². The van der Waals surface area contributed by atoms with E-state index in [2.05, 4.69) is 35.6 Å². The SMILES string of the molecule is CNCc1ccc(-c2cc(C)c(C(=O)N3CCCC3)s2)cc1. The number of hydrogen-bond acceptors (Lipinski definition) is 3. The van der Waals surface area contributed by atoms with Crippen LogP contribution in [0.15, 0.2) is 30.3 Å². The molecular formula is C18H22N2OS. The van der Waals surface area contributed by atoms with E-state index in [1.54, 1.807) is 11.3 Å². The van der Waals surface area contributed by atoms with Crippen molar-refractivity contribution in [1.29, 1.82) is 0 Å². The van der Waals surface area contributed by atoms with Crippen molar-refractivity contribution in [1.82, 2.24) is 10.2 Å². The summed E-state index contributed by atoms with van der Waals surface area (Å²) in [5.41, 5.74) is 3.55. The second-order valence-electron chi connectivity index (χ2n) is 5.85. The number of amides is 1. The van der Waals surface area contributed by atoms with Gasteiger partial charge in [0.05, 0.1) is 4.88 Å². The Hall–Kier alpha value is -1.65. The van der Waals surface area contributed by atoms with E-state index in [-0.39, 0.29) is 5.91 Å². The quantitative estimate of drug-likeness (QED) is 0.933. The molecule has 1 N–H and O–H groups in total. The van der Waals surface area contributed by atoms with Crippen LogP contribution in [-0.2, 0) is 6.54 Å². The van der Waals surface area contributed by atoms with Gasteiger partial charge >= 0.3 is 0 Å². The second-order valence-corrected chi connectivity index (χ2v) is 6.90. The fourth-order valence-electron chi connectivity index (χ4n) is 2.89. The zero-order valence-electron chi connectivity index (χ0n) is 13.2. The molecule has 0 unspecified atom stereocenters. The predicted octanol–water partition coefficient (Wildman–Crippen LogP) is 3.68. The number of likely N-dealkylation sites (tertiary alicyclic amines) is 1. The lowest BCUT2D eigenvalue weighted by Gasteiger charge is -2.14. The molecule has 2 aromatic rings. The summed E-state index contributed by atoms with van der Waals surface area (Å²) >= 11 is 1.62. The van der Waals surface area contributed by atoms with Crippen LogP contribution in [0.5, 0.6) is 0 Å². The third-order valence-electron chi connectivity index (χ3n) is 4.12. The van der Waals surface area contributed by atoms with E-state index in [9.17, 15) is 4.79 Å². The molecule has 0 radical (unpaired) electrons. The summed E-state index contributed by atoms with van der Waals surface area (Å²) in [6.45, 7) is 4.73. The van der Waals surface area contributed by atoms with Crippen molar-refractivity contribution in [2.45, 2.75) is 26.3 Å². The maximum atomic E-state index is 12.6. The average molecular weight is 314 g/mol. The van der Waals surface area contributed by atoms with Crippen LogP contribution in [0.2, 0.25) is 0 Å². The Morgan fingerprint density at radius 1 is 1.23 bits per heavy atom. The van der Waals surface area contributed by atoms with Gasteiger partial charge in [-0.2, -0.15) is 0 Å². The van der Waals surface area contributed by atoms with Crippen LogP contribution in [-0.4, -0.2) is 30.9 Å². The van der Waals surface area contributed by atoms with Crippen molar-refractivity contribution in [3.05, 3.63) is 46.3 Å². The zero-order chi connectivity index (χ0) is 15.5. The van der Waals surface area contributed by atoms with E-state index in [4.69, 9.17) is 0 Å². The first-order valence-corrected chi connectivity index (χ1v) is 8.64. The Bertz CT molecular complexity index is 654. The molecule has 1 aliphatic heterocycles. The molecule has 1 amide bonds. The Labute approximate surface area is 136 Å². The number of aryl methyl sites for hydroxylation is 1. The van der Waals surface area contributed by atoms with E-state index in [0.717, 1.165) is 42.9 Å². The molecule has 1 aromatic carbocycles. The smallest absolute Gasteiger partial charge is 0.264 e. The van der Waals surface area contributed by atoms with Gasteiger partial charge in [0.1, 0.15) is 0 Å². The lowest BCUT2D eigenvalue weighted by Crippen LogP contribution is -2.27. The van der Waals surface area contributed by atoms with Gasteiger partial charge in [0.15, 0.2) is 0 Å². The lowest BCUT2D eigenvalue weighted by atomic mass is 10.1. The van der Waals surface area contributed by atoms with E-state index in [1.807, 2.05) is 18.9 Å². The molecule has 1 aliphatic rings. The van der Waals surface area contributed by atoms with Crippen molar-refractivity contribution < 1.29 is 4.79 Å². The van der Waals surface area contributed by atoms with E-state index in [1.165, 1.54) is 16.0 Å². The van der Waals surface area contributed by atoms with Gasteiger partial charge in [-0.05, 0) is 49.6 Å². The highest BCUT2D eigenvalue weighted by Crippen LogP contribution is 2.32. The Kier molecular flexibility index (Phi) is 4.60. The number of benzene rings is 1. The summed E-state index contributed by atoms with van der Waals surface area (Å²) in [6.07, 6.45) is 2.27. The topological polar surface area (TPSA) is 32.3 Å². The number of carbonyl (C=O) groups is 1. The standard InChI is InChI=1S/C18H22N2OS/c1-13-11-16(15-7-5-14(6-8-15)12-19-2)22-17(13)18(21)20-9-3-4-10-20/h5-8,11,19H,3-4,9-10,12H2,1-2H3. The first-order chi connectivity index (χ1) is 10.7. The summed E-state index contributed by atoms with van der Waals surface area (Å²) in [6, 6.07) is 10.7. The molecule has 1 saturated heterocycles. The third kappa shape index (κ3) is 3.08. The van der Waals surface area contributed by atoms with Crippen LogP contribution < -0.4 is 5.32 Å². The number of rotatable bonds is 4. The van der Waals surface area contributed by atoms with Crippen molar-refractivity contribution in [3.63, 3.8) is 0 Å². The minimum atomic E-state index is 0.207. The highest BCUT2D eigenvalue weighted by molar-refractivity contribution is 7.17. The summed E-state index contributed by atoms with van der Waals surface area (Å²) in [5.74, 6) is 0.207. The van der Waals surface area contributed by atoms with Crippen LogP contribution in [0.1, 0.15) is 33.6 Å². The minimum Gasteiger partial charge on any atom is -0.338 e. The Balaban J connectivity index is 1.83. The number of hydrogen-bond donors (Lipinski definition) is 1. The van der Waals surface area contributed by atoms with Crippen molar-refractivity contribution in [2.24, 2.45) is 0 Å². The molecule has 4 heteroatoms. The summed E-state index contributed by atoms with van der Waals surface area (Å²) < 4.78 is 0. The zero-order valence-corrected chi connectivity index (χ0v) is 14.0. The monoisotopic (exact) mass is 314 g/mol. The molecule has 2 heterocycles.